The fourth-order valence-electron chi connectivity index (χ4n) is 1.41. The van der Waals surface area contributed by atoms with Crippen molar-refractivity contribution < 1.29 is 23.4 Å². The van der Waals surface area contributed by atoms with E-state index in [1.807, 2.05) is 0 Å². The van der Waals surface area contributed by atoms with Crippen LogP contribution < -0.4 is 4.72 Å². The van der Waals surface area contributed by atoms with Crippen LogP contribution in [0.5, 0.6) is 5.75 Å². The van der Waals surface area contributed by atoms with Gasteiger partial charge in [0.05, 0.1) is 11.9 Å². The Morgan fingerprint density at radius 1 is 1.37 bits per heavy atom. The van der Waals surface area contributed by atoms with Crippen molar-refractivity contribution in [3.05, 3.63) is 36.0 Å². The van der Waals surface area contributed by atoms with Gasteiger partial charge in [0.15, 0.2) is 5.03 Å². The van der Waals surface area contributed by atoms with E-state index in [0.29, 0.717) is 0 Å². The number of benzene rings is 1. The highest BCUT2D eigenvalue weighted by Crippen LogP contribution is 2.20. The highest BCUT2D eigenvalue weighted by Gasteiger charge is 2.24. The number of anilines is 1. The minimum atomic E-state index is -4.12. The first-order chi connectivity index (χ1) is 8.90. The average Bonchev–Trinajstić information content (AvgIpc) is 2.77. The highest BCUT2D eigenvalue weighted by atomic mass is 32.2. The number of phenols is 1. The molecule has 0 saturated heterocycles. The van der Waals surface area contributed by atoms with E-state index in [-0.39, 0.29) is 11.4 Å². The maximum atomic E-state index is 12.0. The lowest BCUT2D eigenvalue weighted by Crippen LogP contribution is -2.16. The molecule has 9 heteroatoms. The maximum Gasteiger partial charge on any atom is 0.340 e. The third-order valence-corrected chi connectivity index (χ3v) is 3.55. The lowest BCUT2D eigenvalue weighted by molar-refractivity contribution is 0.0692. The second-order valence-corrected chi connectivity index (χ2v) is 5.19. The fourth-order valence-corrected chi connectivity index (χ4v) is 2.55. The fraction of sp³-hybridized carbons (Fsp3) is 0. The van der Waals surface area contributed by atoms with E-state index < -0.39 is 26.6 Å². The molecule has 0 radical (unpaired) electrons. The van der Waals surface area contributed by atoms with E-state index >= 15 is 0 Å². The Balaban J connectivity index is 2.38. The third-order valence-electron chi connectivity index (χ3n) is 2.20. The van der Waals surface area contributed by atoms with E-state index in [1.54, 1.807) is 0 Å². The van der Waals surface area contributed by atoms with Crippen molar-refractivity contribution in [2.75, 3.05) is 4.72 Å². The molecule has 8 nitrogen and oxygen atoms in total. The van der Waals surface area contributed by atoms with Gasteiger partial charge in [0.2, 0.25) is 0 Å². The number of rotatable bonds is 4. The number of carboxylic acids is 1. The molecular weight excluding hydrogens is 274 g/mol. The van der Waals surface area contributed by atoms with Crippen molar-refractivity contribution in [1.29, 1.82) is 0 Å². The number of hydrogen-bond donors (Lipinski definition) is 4. The van der Waals surface area contributed by atoms with E-state index in [9.17, 15) is 18.3 Å². The van der Waals surface area contributed by atoms with Crippen LogP contribution in [0.1, 0.15) is 10.4 Å². The Morgan fingerprint density at radius 3 is 2.74 bits per heavy atom. The van der Waals surface area contributed by atoms with Gasteiger partial charge < -0.3 is 10.2 Å². The summed E-state index contributed by atoms with van der Waals surface area (Å²) in [7, 11) is -4.12. The first kappa shape index (κ1) is 12.9. The molecule has 0 unspecified atom stereocenters. The van der Waals surface area contributed by atoms with Gasteiger partial charge in [0.1, 0.15) is 11.3 Å². The SMILES string of the molecule is O=C(O)c1cn[nH]c1S(=O)(=O)Nc1cccc(O)c1. The van der Waals surface area contributed by atoms with E-state index in [1.165, 1.54) is 24.3 Å². The van der Waals surface area contributed by atoms with Crippen LogP contribution in [0.15, 0.2) is 35.5 Å². The van der Waals surface area contributed by atoms with Crippen LogP contribution in [-0.4, -0.2) is 34.8 Å². The van der Waals surface area contributed by atoms with Crippen LogP contribution in [0.4, 0.5) is 5.69 Å². The summed E-state index contributed by atoms with van der Waals surface area (Å²) in [6.07, 6.45) is 0.902. The molecule has 0 bridgehead atoms. The zero-order chi connectivity index (χ0) is 14.0. The number of aromatic carboxylic acids is 1. The maximum absolute atomic E-state index is 12.0. The van der Waals surface area contributed by atoms with Gasteiger partial charge in [0.25, 0.3) is 10.0 Å². The van der Waals surface area contributed by atoms with E-state index in [4.69, 9.17) is 5.11 Å². The molecule has 0 aliphatic carbocycles. The van der Waals surface area contributed by atoms with Gasteiger partial charge in [-0.3, -0.25) is 9.82 Å². The van der Waals surface area contributed by atoms with Crippen LogP contribution in [0.25, 0.3) is 0 Å². The number of hydrogen-bond acceptors (Lipinski definition) is 5. The molecule has 100 valence electrons. The number of aromatic hydroxyl groups is 1. The molecule has 2 rings (SSSR count). The van der Waals surface area contributed by atoms with Crippen LogP contribution in [-0.2, 0) is 10.0 Å². The molecule has 0 spiro atoms. The smallest absolute Gasteiger partial charge is 0.340 e. The molecule has 1 heterocycles. The molecule has 1 aromatic heterocycles. The van der Waals surface area contributed by atoms with Crippen LogP contribution in [0.3, 0.4) is 0 Å². The van der Waals surface area contributed by atoms with Gasteiger partial charge in [-0.1, -0.05) is 6.07 Å². The Hall–Kier alpha value is -2.55. The van der Waals surface area contributed by atoms with Gasteiger partial charge in [-0.2, -0.15) is 13.5 Å². The number of H-pyrrole nitrogens is 1. The largest absolute Gasteiger partial charge is 0.508 e. The van der Waals surface area contributed by atoms with Crippen molar-refractivity contribution in [3.8, 4) is 5.75 Å². The summed E-state index contributed by atoms with van der Waals surface area (Å²) in [6, 6.07) is 5.41. The molecule has 0 atom stereocenters. The number of carboxylic acid groups (broad SMARTS) is 1. The standard InChI is InChI=1S/C10H9N3O5S/c14-7-3-1-2-6(4-7)13-19(17,18)9-8(10(15)16)5-11-12-9/h1-5,13-14H,(H,11,12)(H,15,16). The van der Waals surface area contributed by atoms with E-state index in [0.717, 1.165) is 6.20 Å². The molecular formula is C10H9N3O5S. The van der Waals surface area contributed by atoms with Crippen molar-refractivity contribution >= 4 is 21.7 Å². The molecule has 0 aliphatic rings. The Bertz CT molecular complexity index is 722. The molecule has 0 aliphatic heterocycles. The Morgan fingerprint density at radius 2 is 2.11 bits per heavy atom. The van der Waals surface area contributed by atoms with Gasteiger partial charge in [0, 0.05) is 6.07 Å². The van der Waals surface area contributed by atoms with Crippen molar-refractivity contribution in [2.45, 2.75) is 5.03 Å². The monoisotopic (exact) mass is 283 g/mol. The summed E-state index contributed by atoms with van der Waals surface area (Å²) in [5, 5.41) is 23.0. The van der Waals surface area contributed by atoms with E-state index in [2.05, 4.69) is 14.9 Å². The zero-order valence-corrected chi connectivity index (χ0v) is 10.2. The number of aromatic nitrogens is 2. The quantitative estimate of drug-likeness (QED) is 0.650. The molecule has 0 amide bonds. The van der Waals surface area contributed by atoms with Gasteiger partial charge >= 0.3 is 5.97 Å². The summed E-state index contributed by atoms with van der Waals surface area (Å²) < 4.78 is 26.1. The number of nitrogens with zero attached hydrogens (tertiary/aromatic N) is 1. The minimum absolute atomic E-state index is 0.103. The predicted molar refractivity (Wildman–Crippen MR) is 64.5 cm³/mol. The lowest BCUT2D eigenvalue weighted by Gasteiger charge is -2.07. The molecule has 2 aromatic rings. The zero-order valence-electron chi connectivity index (χ0n) is 9.36. The molecule has 0 saturated carbocycles. The minimum Gasteiger partial charge on any atom is -0.508 e. The van der Waals surface area contributed by atoms with Crippen molar-refractivity contribution in [3.63, 3.8) is 0 Å². The first-order valence-electron chi connectivity index (χ1n) is 4.98. The summed E-state index contributed by atoms with van der Waals surface area (Å²) in [5.74, 6) is -1.53. The van der Waals surface area contributed by atoms with Crippen LogP contribution >= 0.6 is 0 Å². The Labute approximate surface area is 107 Å². The normalized spacial score (nSPS) is 11.2. The summed E-state index contributed by atoms with van der Waals surface area (Å²) in [6.45, 7) is 0. The third kappa shape index (κ3) is 2.65. The average molecular weight is 283 g/mol. The summed E-state index contributed by atoms with van der Waals surface area (Å²) in [5.41, 5.74) is -0.362. The summed E-state index contributed by atoms with van der Waals surface area (Å²) in [4.78, 5) is 10.8. The van der Waals surface area contributed by atoms with Crippen molar-refractivity contribution in [1.82, 2.24) is 10.2 Å². The Kier molecular flexibility index (Phi) is 3.13. The van der Waals surface area contributed by atoms with Gasteiger partial charge in [-0.05, 0) is 12.1 Å². The van der Waals surface area contributed by atoms with Gasteiger partial charge in [-0.15, -0.1) is 0 Å². The summed E-state index contributed by atoms with van der Waals surface area (Å²) >= 11 is 0. The topological polar surface area (TPSA) is 132 Å². The second-order valence-electron chi connectivity index (χ2n) is 3.57. The molecule has 4 N–H and O–H groups in total. The second kappa shape index (κ2) is 4.61. The van der Waals surface area contributed by atoms with Crippen LogP contribution in [0.2, 0.25) is 0 Å². The number of sulfonamides is 1. The van der Waals surface area contributed by atoms with Gasteiger partial charge in [-0.25, -0.2) is 4.79 Å². The number of nitrogens with one attached hydrogen (secondary N) is 2. The molecule has 1 aromatic carbocycles. The number of aromatic amines is 1. The number of carbonyl (C=O) groups is 1. The molecule has 0 fully saturated rings. The van der Waals surface area contributed by atoms with Crippen LogP contribution in [0, 0.1) is 0 Å². The van der Waals surface area contributed by atoms with Crippen molar-refractivity contribution in [2.24, 2.45) is 0 Å². The lowest BCUT2D eigenvalue weighted by atomic mass is 10.3. The highest BCUT2D eigenvalue weighted by molar-refractivity contribution is 7.92. The molecule has 19 heavy (non-hydrogen) atoms. The first-order valence-corrected chi connectivity index (χ1v) is 6.47. The predicted octanol–water partition coefficient (Wildman–Crippen LogP) is 0.614. The number of phenolic OH excluding ortho intramolecular Hbond substituents is 1.